The van der Waals surface area contributed by atoms with E-state index in [1.165, 1.54) is 17.0 Å². The van der Waals surface area contributed by atoms with Crippen molar-refractivity contribution in [1.29, 1.82) is 0 Å². The van der Waals surface area contributed by atoms with E-state index in [1.54, 1.807) is 31.2 Å². The maximum absolute atomic E-state index is 13.3. The normalized spacial score (nSPS) is 20.3. The van der Waals surface area contributed by atoms with Crippen LogP contribution in [0.1, 0.15) is 18.1 Å². The maximum atomic E-state index is 13.3. The van der Waals surface area contributed by atoms with Crippen LogP contribution >= 0.6 is 0 Å². The van der Waals surface area contributed by atoms with Gasteiger partial charge in [-0.1, -0.05) is 30.3 Å². The Labute approximate surface area is 175 Å². The number of rotatable bonds is 5. The average Bonchev–Trinajstić information content (AvgIpc) is 2.67. The fraction of sp³-hybridized carbons (Fsp3) is 0.333. The van der Waals surface area contributed by atoms with Gasteiger partial charge in [-0.05, 0) is 43.2 Å². The lowest BCUT2D eigenvalue weighted by atomic mass is 9.93. The van der Waals surface area contributed by atoms with E-state index < -0.39 is 27.4 Å². The highest BCUT2D eigenvalue weighted by atomic mass is 32.2. The minimum Gasteiger partial charge on any atom is -0.350 e. The predicted octanol–water partition coefficient (Wildman–Crippen LogP) is 1.82. The molecule has 160 valence electrons. The first-order valence-corrected chi connectivity index (χ1v) is 11.2. The molecule has 0 bridgehead atoms. The van der Waals surface area contributed by atoms with Crippen LogP contribution in [-0.2, 0) is 26.2 Å². The molecule has 3 rings (SSSR count). The molecule has 7 nitrogen and oxygen atoms in total. The summed E-state index contributed by atoms with van der Waals surface area (Å²) in [4.78, 5) is 27.7. The molecule has 1 atom stereocenters. The molecule has 0 unspecified atom stereocenters. The Hall–Kier alpha value is -2.78. The second-order valence-corrected chi connectivity index (χ2v) is 9.61. The Bertz CT molecular complexity index is 1070. The van der Waals surface area contributed by atoms with Crippen molar-refractivity contribution in [2.24, 2.45) is 0 Å². The molecule has 1 fully saturated rings. The number of hydrogen-bond donors (Lipinski definition) is 1. The summed E-state index contributed by atoms with van der Waals surface area (Å²) in [7, 11) is -3.69. The minimum absolute atomic E-state index is 0.114. The lowest BCUT2D eigenvalue weighted by Crippen LogP contribution is -2.70. The third kappa shape index (κ3) is 4.36. The van der Waals surface area contributed by atoms with Crippen LogP contribution in [0.4, 0.5) is 10.1 Å². The number of halogens is 1. The fourth-order valence-electron chi connectivity index (χ4n) is 3.56. The number of nitrogens with one attached hydrogen (secondary N) is 1. The number of hydrogen-bond acceptors (Lipinski definition) is 4. The monoisotopic (exact) mass is 433 g/mol. The Morgan fingerprint density at radius 2 is 1.80 bits per heavy atom. The number of amides is 2. The van der Waals surface area contributed by atoms with Crippen molar-refractivity contribution in [3.63, 3.8) is 0 Å². The minimum atomic E-state index is -3.69. The zero-order chi connectivity index (χ0) is 22.1. The van der Waals surface area contributed by atoms with Crippen molar-refractivity contribution >= 4 is 27.5 Å². The molecule has 0 aromatic heterocycles. The van der Waals surface area contributed by atoms with E-state index in [0.29, 0.717) is 11.3 Å². The summed E-state index contributed by atoms with van der Waals surface area (Å²) < 4.78 is 38.4. The molecule has 30 heavy (non-hydrogen) atoms. The molecule has 1 heterocycles. The molecule has 0 aliphatic carbocycles. The summed E-state index contributed by atoms with van der Waals surface area (Å²) in [6.45, 7) is 2.97. The molecule has 1 saturated heterocycles. The fourth-order valence-corrected chi connectivity index (χ4v) is 4.40. The van der Waals surface area contributed by atoms with Crippen LogP contribution < -0.4 is 10.2 Å². The first kappa shape index (κ1) is 21.9. The second kappa shape index (κ2) is 8.16. The smallest absolute Gasteiger partial charge is 0.247 e. The third-order valence-corrected chi connectivity index (χ3v) is 6.42. The highest BCUT2D eigenvalue weighted by molar-refractivity contribution is 7.88. The van der Waals surface area contributed by atoms with Crippen molar-refractivity contribution in [2.45, 2.75) is 25.9 Å². The molecular weight excluding hydrogens is 409 g/mol. The van der Waals surface area contributed by atoms with Crippen LogP contribution in [0.5, 0.6) is 0 Å². The van der Waals surface area contributed by atoms with E-state index in [9.17, 15) is 22.4 Å². The summed E-state index contributed by atoms with van der Waals surface area (Å²) in [5.41, 5.74) is 0.550. The average molecular weight is 434 g/mol. The van der Waals surface area contributed by atoms with E-state index in [0.717, 1.165) is 16.1 Å². The largest absolute Gasteiger partial charge is 0.350 e. The maximum Gasteiger partial charge on any atom is 0.247 e. The molecule has 2 aromatic carbocycles. The molecule has 2 amide bonds. The van der Waals surface area contributed by atoms with Gasteiger partial charge in [-0.3, -0.25) is 14.5 Å². The number of sulfonamides is 1. The Morgan fingerprint density at radius 3 is 2.40 bits per heavy atom. The van der Waals surface area contributed by atoms with E-state index >= 15 is 0 Å². The standard InChI is InChI=1S/C21H24FN3O4S/c1-15-6-4-5-7-18(15)25-19(26)13-24(30(3,28)29)14-21(25,2)20(27)23-12-16-8-10-17(22)11-9-16/h4-11H,12-14H2,1-3H3,(H,23,27)/t21-/m1/s1. The van der Waals surface area contributed by atoms with Crippen LogP contribution in [-0.4, -0.2) is 49.4 Å². The Balaban J connectivity index is 1.96. The molecule has 0 radical (unpaired) electrons. The molecule has 0 spiro atoms. The number of carbonyl (C=O) groups excluding carboxylic acids is 2. The van der Waals surface area contributed by atoms with Crippen molar-refractivity contribution < 1.29 is 22.4 Å². The molecule has 9 heteroatoms. The zero-order valence-electron chi connectivity index (χ0n) is 17.1. The van der Waals surface area contributed by atoms with Crippen molar-refractivity contribution in [3.05, 3.63) is 65.5 Å². The highest BCUT2D eigenvalue weighted by Gasteiger charge is 2.50. The lowest BCUT2D eigenvalue weighted by molar-refractivity contribution is -0.133. The van der Waals surface area contributed by atoms with Crippen LogP contribution in [0.3, 0.4) is 0 Å². The number of nitrogens with zero attached hydrogens (tertiary/aromatic N) is 2. The van der Waals surface area contributed by atoms with Gasteiger partial charge in [0.25, 0.3) is 0 Å². The second-order valence-electron chi connectivity index (χ2n) is 7.63. The summed E-state index contributed by atoms with van der Waals surface area (Å²) in [5.74, 6) is -1.37. The van der Waals surface area contributed by atoms with Crippen molar-refractivity contribution in [2.75, 3.05) is 24.2 Å². The van der Waals surface area contributed by atoms with Gasteiger partial charge >= 0.3 is 0 Å². The van der Waals surface area contributed by atoms with Gasteiger partial charge in [0.2, 0.25) is 21.8 Å². The number of piperazine rings is 1. The predicted molar refractivity (Wildman–Crippen MR) is 112 cm³/mol. The molecule has 0 saturated carbocycles. The van der Waals surface area contributed by atoms with Crippen LogP contribution in [0, 0.1) is 12.7 Å². The van der Waals surface area contributed by atoms with Gasteiger partial charge < -0.3 is 5.32 Å². The first-order chi connectivity index (χ1) is 14.0. The number of para-hydroxylation sites is 1. The van der Waals surface area contributed by atoms with Gasteiger partial charge in [-0.2, -0.15) is 4.31 Å². The van der Waals surface area contributed by atoms with Gasteiger partial charge in [0, 0.05) is 18.8 Å². The van der Waals surface area contributed by atoms with Crippen molar-refractivity contribution in [3.8, 4) is 0 Å². The molecular formula is C21H24FN3O4S. The number of benzene rings is 2. The van der Waals surface area contributed by atoms with Crippen LogP contribution in [0.2, 0.25) is 0 Å². The Kier molecular flexibility index (Phi) is 5.96. The van der Waals surface area contributed by atoms with Gasteiger partial charge in [-0.25, -0.2) is 12.8 Å². The first-order valence-electron chi connectivity index (χ1n) is 9.39. The SMILES string of the molecule is Cc1ccccc1N1C(=O)CN(S(C)(=O)=O)C[C@]1(C)C(=O)NCc1ccc(F)cc1. The number of anilines is 1. The Morgan fingerprint density at radius 1 is 1.17 bits per heavy atom. The summed E-state index contributed by atoms with van der Waals surface area (Å²) in [6.07, 6.45) is 1.01. The molecule has 2 aromatic rings. The summed E-state index contributed by atoms with van der Waals surface area (Å²) in [6, 6.07) is 12.8. The zero-order valence-corrected chi connectivity index (χ0v) is 17.9. The summed E-state index contributed by atoms with van der Waals surface area (Å²) >= 11 is 0. The van der Waals surface area contributed by atoms with E-state index in [2.05, 4.69) is 5.32 Å². The lowest BCUT2D eigenvalue weighted by Gasteiger charge is -2.46. The van der Waals surface area contributed by atoms with Gasteiger partial charge in [-0.15, -0.1) is 0 Å². The van der Waals surface area contributed by atoms with Crippen LogP contribution in [0.25, 0.3) is 0 Å². The van der Waals surface area contributed by atoms with Crippen molar-refractivity contribution in [1.82, 2.24) is 9.62 Å². The molecule has 1 aliphatic heterocycles. The highest BCUT2D eigenvalue weighted by Crippen LogP contribution is 2.32. The number of aryl methyl sites for hydroxylation is 1. The quantitative estimate of drug-likeness (QED) is 0.779. The topological polar surface area (TPSA) is 86.8 Å². The molecule has 1 aliphatic rings. The van der Waals surface area contributed by atoms with E-state index in [1.807, 2.05) is 19.1 Å². The van der Waals surface area contributed by atoms with E-state index in [-0.39, 0.29) is 25.5 Å². The third-order valence-electron chi connectivity index (χ3n) is 5.22. The van der Waals surface area contributed by atoms with Crippen LogP contribution in [0.15, 0.2) is 48.5 Å². The van der Waals surface area contributed by atoms with E-state index in [4.69, 9.17) is 0 Å². The van der Waals surface area contributed by atoms with Gasteiger partial charge in [0.05, 0.1) is 12.8 Å². The number of carbonyl (C=O) groups is 2. The molecule has 1 N–H and O–H groups in total. The van der Waals surface area contributed by atoms with Gasteiger partial charge in [0.15, 0.2) is 0 Å². The van der Waals surface area contributed by atoms with Gasteiger partial charge in [0.1, 0.15) is 11.4 Å². The summed E-state index contributed by atoms with van der Waals surface area (Å²) in [5, 5.41) is 2.76.